The highest BCUT2D eigenvalue weighted by Crippen LogP contribution is 2.25. The SMILES string of the molecule is COc1ccsc1C(=O)NC(CO)c1ccco1. The molecule has 0 aliphatic rings. The highest BCUT2D eigenvalue weighted by molar-refractivity contribution is 7.12. The van der Waals surface area contributed by atoms with Crippen molar-refractivity contribution in [1.82, 2.24) is 5.32 Å². The van der Waals surface area contributed by atoms with Gasteiger partial charge in [-0.1, -0.05) is 0 Å². The van der Waals surface area contributed by atoms with Gasteiger partial charge in [0.2, 0.25) is 0 Å². The van der Waals surface area contributed by atoms with E-state index < -0.39 is 6.04 Å². The molecule has 2 N–H and O–H groups in total. The number of aliphatic hydroxyl groups excluding tert-OH is 1. The molecule has 0 saturated heterocycles. The first kappa shape index (κ1) is 12.7. The van der Waals surface area contributed by atoms with Crippen LogP contribution in [0.4, 0.5) is 0 Å². The highest BCUT2D eigenvalue weighted by atomic mass is 32.1. The maximum atomic E-state index is 12.0. The molecule has 2 rings (SSSR count). The van der Waals surface area contributed by atoms with Gasteiger partial charge in [-0.3, -0.25) is 4.79 Å². The number of furan rings is 1. The summed E-state index contributed by atoms with van der Waals surface area (Å²) in [6, 6.07) is 4.57. The molecular weight excluding hydrogens is 254 g/mol. The average Bonchev–Trinajstić information content (AvgIpc) is 3.05. The van der Waals surface area contributed by atoms with Crippen molar-refractivity contribution in [2.75, 3.05) is 13.7 Å². The van der Waals surface area contributed by atoms with Crippen molar-refractivity contribution in [3.63, 3.8) is 0 Å². The van der Waals surface area contributed by atoms with Crippen LogP contribution in [0, 0.1) is 0 Å². The van der Waals surface area contributed by atoms with Crippen LogP contribution in [0.5, 0.6) is 5.75 Å². The minimum Gasteiger partial charge on any atom is -0.495 e. The van der Waals surface area contributed by atoms with Crippen LogP contribution in [-0.4, -0.2) is 24.7 Å². The average molecular weight is 267 g/mol. The zero-order valence-corrected chi connectivity index (χ0v) is 10.6. The molecular formula is C12H13NO4S. The zero-order valence-electron chi connectivity index (χ0n) is 9.75. The fourth-order valence-corrected chi connectivity index (χ4v) is 2.31. The van der Waals surface area contributed by atoms with E-state index in [0.29, 0.717) is 16.4 Å². The molecule has 0 aromatic carbocycles. The first-order chi connectivity index (χ1) is 8.76. The first-order valence-corrected chi connectivity index (χ1v) is 6.20. The van der Waals surface area contributed by atoms with E-state index in [4.69, 9.17) is 9.15 Å². The van der Waals surface area contributed by atoms with E-state index >= 15 is 0 Å². The number of methoxy groups -OCH3 is 1. The van der Waals surface area contributed by atoms with Crippen molar-refractivity contribution in [2.24, 2.45) is 0 Å². The molecule has 1 unspecified atom stereocenters. The molecule has 18 heavy (non-hydrogen) atoms. The Morgan fingerprint density at radius 3 is 3.06 bits per heavy atom. The van der Waals surface area contributed by atoms with Crippen LogP contribution >= 0.6 is 11.3 Å². The lowest BCUT2D eigenvalue weighted by atomic mass is 10.2. The molecule has 0 fully saturated rings. The molecule has 0 saturated carbocycles. The molecule has 2 aromatic heterocycles. The van der Waals surface area contributed by atoms with Gasteiger partial charge in [0.15, 0.2) is 0 Å². The fraction of sp³-hybridized carbons (Fsp3) is 0.250. The lowest BCUT2D eigenvalue weighted by molar-refractivity contribution is 0.0908. The van der Waals surface area contributed by atoms with E-state index in [1.54, 1.807) is 23.6 Å². The van der Waals surface area contributed by atoms with Gasteiger partial charge in [0.1, 0.15) is 22.4 Å². The Kier molecular flexibility index (Phi) is 4.01. The maximum Gasteiger partial charge on any atom is 0.265 e. The summed E-state index contributed by atoms with van der Waals surface area (Å²) in [6.07, 6.45) is 1.50. The number of ether oxygens (including phenoxy) is 1. The van der Waals surface area contributed by atoms with Gasteiger partial charge in [0, 0.05) is 0 Å². The van der Waals surface area contributed by atoms with Crippen LogP contribution in [-0.2, 0) is 0 Å². The molecule has 0 bridgehead atoms. The molecule has 2 heterocycles. The van der Waals surface area contributed by atoms with E-state index in [-0.39, 0.29) is 12.5 Å². The van der Waals surface area contributed by atoms with Gasteiger partial charge >= 0.3 is 0 Å². The minimum absolute atomic E-state index is 0.229. The summed E-state index contributed by atoms with van der Waals surface area (Å²) in [5.74, 6) is 0.743. The molecule has 0 aliphatic heterocycles. The fourth-order valence-electron chi connectivity index (χ4n) is 1.54. The van der Waals surface area contributed by atoms with E-state index in [2.05, 4.69) is 5.32 Å². The molecule has 0 aliphatic carbocycles. The Morgan fingerprint density at radius 1 is 1.61 bits per heavy atom. The smallest absolute Gasteiger partial charge is 0.265 e. The number of hydrogen-bond acceptors (Lipinski definition) is 5. The lowest BCUT2D eigenvalue weighted by Crippen LogP contribution is -2.30. The van der Waals surface area contributed by atoms with Crippen molar-refractivity contribution in [2.45, 2.75) is 6.04 Å². The third-order valence-electron chi connectivity index (χ3n) is 2.43. The van der Waals surface area contributed by atoms with Crippen molar-refractivity contribution in [1.29, 1.82) is 0 Å². The Bertz CT molecular complexity index is 506. The summed E-state index contributed by atoms with van der Waals surface area (Å²) in [4.78, 5) is 12.5. The highest BCUT2D eigenvalue weighted by Gasteiger charge is 2.20. The van der Waals surface area contributed by atoms with Crippen LogP contribution in [0.15, 0.2) is 34.3 Å². The van der Waals surface area contributed by atoms with Gasteiger partial charge in [-0.05, 0) is 23.6 Å². The predicted octanol–water partition coefficient (Wildman–Crippen LogP) is 1.81. The Labute approximate surface area is 108 Å². The number of amides is 1. The predicted molar refractivity (Wildman–Crippen MR) is 66.9 cm³/mol. The van der Waals surface area contributed by atoms with Gasteiger partial charge in [-0.15, -0.1) is 11.3 Å². The first-order valence-electron chi connectivity index (χ1n) is 5.33. The number of aliphatic hydroxyl groups is 1. The number of nitrogens with one attached hydrogen (secondary N) is 1. The number of hydrogen-bond donors (Lipinski definition) is 2. The maximum absolute atomic E-state index is 12.0. The summed E-state index contributed by atoms with van der Waals surface area (Å²) in [5.41, 5.74) is 0. The van der Waals surface area contributed by atoms with Crippen molar-refractivity contribution in [3.05, 3.63) is 40.5 Å². The van der Waals surface area contributed by atoms with Gasteiger partial charge < -0.3 is 19.6 Å². The summed E-state index contributed by atoms with van der Waals surface area (Å²) in [5, 5.41) is 13.7. The zero-order chi connectivity index (χ0) is 13.0. The molecule has 0 spiro atoms. The Morgan fingerprint density at radius 2 is 2.44 bits per heavy atom. The van der Waals surface area contributed by atoms with E-state index in [1.165, 1.54) is 24.7 Å². The van der Waals surface area contributed by atoms with Crippen LogP contribution in [0.2, 0.25) is 0 Å². The van der Waals surface area contributed by atoms with Crippen molar-refractivity contribution < 1.29 is 19.1 Å². The summed E-state index contributed by atoms with van der Waals surface area (Å²) >= 11 is 1.28. The quantitative estimate of drug-likeness (QED) is 0.866. The number of carbonyl (C=O) groups is 1. The molecule has 5 nitrogen and oxygen atoms in total. The normalized spacial score (nSPS) is 12.1. The van der Waals surface area contributed by atoms with Gasteiger partial charge in [-0.25, -0.2) is 0 Å². The topological polar surface area (TPSA) is 71.7 Å². The van der Waals surface area contributed by atoms with Crippen LogP contribution in [0.1, 0.15) is 21.5 Å². The molecule has 0 radical (unpaired) electrons. The number of rotatable bonds is 5. The van der Waals surface area contributed by atoms with Crippen molar-refractivity contribution in [3.8, 4) is 5.75 Å². The van der Waals surface area contributed by atoms with Crippen LogP contribution in [0.3, 0.4) is 0 Å². The standard InChI is InChI=1S/C12H13NO4S/c1-16-10-4-6-18-11(10)12(15)13-8(7-14)9-3-2-5-17-9/h2-6,8,14H,7H2,1H3,(H,13,15). The second kappa shape index (κ2) is 5.70. The number of carbonyl (C=O) groups excluding carboxylic acids is 1. The molecule has 6 heteroatoms. The van der Waals surface area contributed by atoms with Gasteiger partial charge in [0.05, 0.1) is 20.0 Å². The number of thiophene rings is 1. The largest absolute Gasteiger partial charge is 0.495 e. The third kappa shape index (κ3) is 2.55. The second-order valence-electron chi connectivity index (χ2n) is 3.54. The van der Waals surface area contributed by atoms with E-state index in [9.17, 15) is 9.90 Å². The molecule has 1 atom stereocenters. The molecule has 1 amide bonds. The summed E-state index contributed by atoms with van der Waals surface area (Å²) < 4.78 is 10.2. The van der Waals surface area contributed by atoms with Crippen LogP contribution < -0.4 is 10.1 Å². The van der Waals surface area contributed by atoms with E-state index in [1.807, 2.05) is 0 Å². The van der Waals surface area contributed by atoms with Gasteiger partial charge in [-0.2, -0.15) is 0 Å². The summed E-state index contributed by atoms with van der Waals surface area (Å²) in [7, 11) is 1.51. The lowest BCUT2D eigenvalue weighted by Gasteiger charge is -2.13. The summed E-state index contributed by atoms with van der Waals surface area (Å²) in [6.45, 7) is -0.229. The molecule has 96 valence electrons. The molecule has 2 aromatic rings. The van der Waals surface area contributed by atoms with Crippen LogP contribution in [0.25, 0.3) is 0 Å². The second-order valence-corrected chi connectivity index (χ2v) is 4.46. The van der Waals surface area contributed by atoms with Crippen molar-refractivity contribution >= 4 is 17.2 Å². The Hall–Kier alpha value is -1.79. The minimum atomic E-state index is -0.556. The Balaban J connectivity index is 2.11. The monoisotopic (exact) mass is 267 g/mol. The third-order valence-corrected chi connectivity index (χ3v) is 3.32. The van der Waals surface area contributed by atoms with E-state index in [0.717, 1.165) is 0 Å². The van der Waals surface area contributed by atoms with Gasteiger partial charge in [0.25, 0.3) is 5.91 Å².